The Morgan fingerprint density at radius 3 is 1.00 bits per heavy atom. The quantitative estimate of drug-likeness (QED) is 0.0258. The summed E-state index contributed by atoms with van der Waals surface area (Å²) in [6.07, 6.45) is 3.62. The summed E-state index contributed by atoms with van der Waals surface area (Å²) >= 11 is 38.9. The van der Waals surface area contributed by atoms with Gasteiger partial charge in [-0.1, -0.05) is 106 Å². The topological polar surface area (TPSA) is 280 Å². The molecule has 0 radical (unpaired) electrons. The minimum absolute atomic E-state index is 0.0171. The minimum atomic E-state index is -3.85. The Hall–Kier alpha value is -5.40. The lowest BCUT2D eigenvalue weighted by Crippen LogP contribution is -2.40. The summed E-state index contributed by atoms with van der Waals surface area (Å²) in [5.74, 6) is -0.393. The van der Waals surface area contributed by atoms with Gasteiger partial charge in [-0.15, -0.1) is 0 Å². The summed E-state index contributed by atoms with van der Waals surface area (Å²) in [4.78, 5) is 53.9. The van der Waals surface area contributed by atoms with Crippen LogP contribution in [0.1, 0.15) is 113 Å². The van der Waals surface area contributed by atoms with Crippen molar-refractivity contribution in [3.05, 3.63) is 189 Å². The van der Waals surface area contributed by atoms with E-state index >= 15 is 0 Å². The van der Waals surface area contributed by atoms with E-state index in [1.165, 1.54) is 0 Å². The van der Waals surface area contributed by atoms with Crippen LogP contribution in [0, 0.1) is 0 Å². The van der Waals surface area contributed by atoms with Crippen LogP contribution in [0.25, 0.3) is 0 Å². The summed E-state index contributed by atoms with van der Waals surface area (Å²) in [5, 5.41) is 6.23. The van der Waals surface area contributed by atoms with Gasteiger partial charge in [0.05, 0.1) is 80.8 Å². The van der Waals surface area contributed by atoms with Crippen molar-refractivity contribution in [1.29, 1.82) is 0 Å². The second-order valence-electron chi connectivity index (χ2n) is 30.1. The zero-order valence-electron chi connectivity index (χ0n) is 68.1. The number of urea groups is 1. The van der Waals surface area contributed by atoms with Gasteiger partial charge in [0.1, 0.15) is 0 Å². The van der Waals surface area contributed by atoms with Crippen LogP contribution < -0.4 is 19.5 Å². The predicted octanol–water partition coefficient (Wildman–Crippen LogP) is 11.3. The lowest BCUT2D eigenvalue weighted by atomic mass is 9.85. The van der Waals surface area contributed by atoms with E-state index in [2.05, 4.69) is 39.1 Å². The highest BCUT2D eigenvalue weighted by atomic mass is 35.5. The number of halogens is 6. The van der Waals surface area contributed by atoms with E-state index in [0.29, 0.717) is 154 Å². The third-order valence-electron chi connectivity index (χ3n) is 20.9. The van der Waals surface area contributed by atoms with Gasteiger partial charge in [-0.05, 0) is 196 Å². The van der Waals surface area contributed by atoms with Crippen LogP contribution in [0.3, 0.4) is 0 Å². The molecule has 118 heavy (non-hydrogen) atoms. The third-order valence-corrected chi connectivity index (χ3v) is 26.9. The first kappa shape index (κ1) is 96.4. The number of carbonyl (C=O) groups excluding carboxylic acids is 3. The fourth-order valence-corrected chi connectivity index (χ4v) is 19.6. The van der Waals surface area contributed by atoms with Crippen LogP contribution in [-0.4, -0.2) is 284 Å². The fourth-order valence-electron chi connectivity index (χ4n) is 14.7. The standard InChI is InChI=1S/C83H113Cl6N11O15S3/c1-94-54-72(69-48-63(84)51-78(87)75(69)57-94)60-15-7-18-66(45-60)116(104,105)91-24-36-113-41-39-110-33-10-21-81(101)97(4)27-12-30-100(31-13-28-98(5)82(102)22-11-34-111-40-42-114-37-25-92-117(106,107)67-19-8-16-61(46-67)73-55-95(2)58-76-70(73)49-64(85)52-79(76)88)32-14-29-99(6)83(103)90-23-35-112-43-44-115-38-26-93-118(108,109)68-20-9-17-62(47-68)74-56-96(3)59-77-71(74)50-65(86)53-80(77)89/h7-9,15-20,45-53,72-74,91-93H,10-14,21-44,54-59H2,1-6H3,(H,90,103)/t72-,73-,74-/m0/s1. The van der Waals surface area contributed by atoms with Gasteiger partial charge < -0.3 is 68.0 Å². The van der Waals surface area contributed by atoms with E-state index in [-0.39, 0.29) is 155 Å². The number of likely N-dealkylation sites (N-methyl/N-ethyl adjacent to an activating group) is 3. The average Bonchev–Trinajstić information content (AvgIpc) is 0.781. The second-order valence-corrected chi connectivity index (χ2v) is 37.9. The molecule has 0 unspecified atom stereocenters. The molecule has 3 aliphatic heterocycles. The summed E-state index contributed by atoms with van der Waals surface area (Å²) < 4.78 is 122. The number of benzene rings is 6. The zero-order chi connectivity index (χ0) is 84.9. The highest BCUT2D eigenvalue weighted by molar-refractivity contribution is 7.90. The molecular formula is C83H113Cl6N11O15S3. The first-order valence-corrected chi connectivity index (χ1v) is 46.6. The Balaban J connectivity index is 0.637. The predicted molar refractivity (Wildman–Crippen MR) is 464 cm³/mol. The van der Waals surface area contributed by atoms with Gasteiger partial charge in [0.15, 0.2) is 0 Å². The Morgan fingerprint density at radius 2 is 0.678 bits per heavy atom. The van der Waals surface area contributed by atoms with E-state index < -0.39 is 30.1 Å². The molecule has 0 spiro atoms. The maximum atomic E-state index is 13.4. The van der Waals surface area contributed by atoms with Gasteiger partial charge >= 0.3 is 6.03 Å². The smallest absolute Gasteiger partial charge is 0.317 e. The monoisotopic (exact) mass is 1810 g/mol. The maximum Gasteiger partial charge on any atom is 0.317 e. The van der Waals surface area contributed by atoms with E-state index in [1.807, 2.05) is 57.5 Å². The van der Waals surface area contributed by atoms with Crippen molar-refractivity contribution in [3.8, 4) is 0 Å². The molecule has 0 fully saturated rings. The number of nitrogens with zero attached hydrogens (tertiary/aromatic N) is 7. The number of hydrogen-bond donors (Lipinski definition) is 4. The molecule has 26 nitrogen and oxygen atoms in total. The first-order valence-electron chi connectivity index (χ1n) is 39.9. The van der Waals surface area contributed by atoms with Gasteiger partial charge in [0.25, 0.3) is 0 Å². The molecule has 9 rings (SSSR count). The molecule has 3 aliphatic rings. The van der Waals surface area contributed by atoms with Crippen molar-refractivity contribution in [1.82, 2.24) is 53.8 Å². The van der Waals surface area contributed by atoms with Crippen molar-refractivity contribution >= 4 is 118 Å². The molecule has 0 bridgehead atoms. The van der Waals surface area contributed by atoms with Crippen molar-refractivity contribution in [3.63, 3.8) is 0 Å². The van der Waals surface area contributed by atoms with Crippen LogP contribution in [0.2, 0.25) is 30.1 Å². The molecule has 6 aromatic carbocycles. The number of ether oxygens (including phenoxy) is 6. The normalized spacial score (nSPS) is 16.1. The third kappa shape index (κ3) is 30.0. The van der Waals surface area contributed by atoms with E-state index in [0.717, 1.165) is 50.1 Å². The van der Waals surface area contributed by atoms with Crippen molar-refractivity contribution in [2.24, 2.45) is 0 Å². The van der Waals surface area contributed by atoms with Gasteiger partial charge in [-0.2, -0.15) is 0 Å². The van der Waals surface area contributed by atoms with Gasteiger partial charge in [-0.3, -0.25) is 9.59 Å². The average molecular weight is 1810 g/mol. The van der Waals surface area contributed by atoms with Gasteiger partial charge in [0.2, 0.25) is 41.9 Å². The number of amides is 4. The highest BCUT2D eigenvalue weighted by Crippen LogP contribution is 2.42. The van der Waals surface area contributed by atoms with Crippen LogP contribution in [0.5, 0.6) is 0 Å². The number of hydrogen-bond acceptors (Lipinski definition) is 19. The molecule has 3 heterocycles. The SMILES string of the molecule is CN1Cc2c(Cl)cc(Cl)cc2[C@H](c2cccc(S(=O)(=O)NCCOCCOCCCC(=O)N(C)CCCN(CCCN(C)C(=O)CCCOCCOCCNS(=O)(=O)c3cccc([C@@H]4CN(C)Cc5c(Cl)cc(Cl)cc54)c3)CCCN(C)C(=O)NCCOCCOCCNS(=O)(=O)c3cccc([C@@H]4CN(C)Cc5c(Cl)cc(Cl)cc54)c3)c2)C1. The number of carbonyl (C=O) groups is 3. The summed E-state index contributed by atoms with van der Waals surface area (Å²) in [7, 11) is -0.242. The molecule has 0 aromatic heterocycles. The van der Waals surface area contributed by atoms with Crippen molar-refractivity contribution in [2.75, 3.05) is 207 Å². The fraction of sp³-hybridized carbons (Fsp3) is 0.530. The molecular weight excluding hydrogens is 1700 g/mol. The molecule has 650 valence electrons. The van der Waals surface area contributed by atoms with E-state index in [4.69, 9.17) is 98.0 Å². The van der Waals surface area contributed by atoms with Crippen LogP contribution >= 0.6 is 69.6 Å². The Kier molecular flexibility index (Phi) is 39.2. The summed E-state index contributed by atoms with van der Waals surface area (Å²) in [6, 6.07) is 31.4. The number of fused-ring (bicyclic) bond motifs is 3. The molecule has 3 atom stereocenters. The maximum absolute atomic E-state index is 13.4. The van der Waals surface area contributed by atoms with Crippen LogP contribution in [0.15, 0.2) is 124 Å². The number of rotatable bonds is 50. The largest absolute Gasteiger partial charge is 0.379 e. The van der Waals surface area contributed by atoms with E-state index in [1.54, 1.807) is 109 Å². The molecule has 0 saturated heterocycles. The Bertz CT molecular complexity index is 4190. The van der Waals surface area contributed by atoms with Crippen LogP contribution in [-0.2, 0) is 87.7 Å². The highest BCUT2D eigenvalue weighted by Gasteiger charge is 2.32. The summed E-state index contributed by atoms with van der Waals surface area (Å²) in [5.41, 5.74) is 8.40. The minimum Gasteiger partial charge on any atom is -0.379 e. The molecule has 6 aromatic rings. The summed E-state index contributed by atoms with van der Waals surface area (Å²) in [6.45, 7) is 10.7. The lowest BCUT2D eigenvalue weighted by molar-refractivity contribution is -0.131. The number of nitrogens with one attached hydrogen (secondary N) is 4. The molecule has 4 N–H and O–H groups in total. The van der Waals surface area contributed by atoms with Crippen molar-refractivity contribution in [2.45, 2.75) is 97.0 Å². The zero-order valence-corrected chi connectivity index (χ0v) is 75.1. The molecule has 0 aliphatic carbocycles. The van der Waals surface area contributed by atoms with Gasteiger partial charge in [-0.25, -0.2) is 44.2 Å². The Morgan fingerprint density at radius 1 is 0.381 bits per heavy atom. The lowest BCUT2D eigenvalue weighted by Gasteiger charge is -2.33. The van der Waals surface area contributed by atoms with Crippen molar-refractivity contribution < 1.29 is 68.1 Å². The number of sulfonamides is 3. The van der Waals surface area contributed by atoms with E-state index in [9.17, 15) is 39.6 Å². The molecule has 0 saturated carbocycles. The second kappa shape index (κ2) is 48.0. The Labute approximate surface area is 727 Å². The van der Waals surface area contributed by atoms with Gasteiger partial charge in [0, 0.05) is 180 Å². The molecule has 35 heteroatoms. The first-order chi connectivity index (χ1) is 56.5. The molecule has 4 amide bonds. The van der Waals surface area contributed by atoms with Crippen LogP contribution in [0.4, 0.5) is 4.79 Å².